The van der Waals surface area contributed by atoms with Crippen molar-refractivity contribution in [1.29, 1.82) is 0 Å². The van der Waals surface area contributed by atoms with Gasteiger partial charge in [0, 0.05) is 6.54 Å². The summed E-state index contributed by atoms with van der Waals surface area (Å²) in [6.45, 7) is 5.17. The van der Waals surface area contributed by atoms with Gasteiger partial charge in [0.25, 0.3) is 0 Å². The predicted molar refractivity (Wildman–Crippen MR) is 50.4 cm³/mol. The van der Waals surface area contributed by atoms with E-state index in [1.165, 1.54) is 0 Å². The normalized spacial score (nSPS) is 10.3. The number of nitrogens with zero attached hydrogens (tertiary/aromatic N) is 2. The fourth-order valence-electron chi connectivity index (χ4n) is 0.719. The van der Waals surface area contributed by atoms with Crippen LogP contribution in [-0.2, 0) is 0 Å². The van der Waals surface area contributed by atoms with E-state index in [1.807, 2.05) is 6.07 Å². The van der Waals surface area contributed by atoms with Gasteiger partial charge in [-0.1, -0.05) is 25.4 Å². The van der Waals surface area contributed by atoms with Crippen LogP contribution in [0.15, 0.2) is 12.1 Å². The summed E-state index contributed by atoms with van der Waals surface area (Å²) in [4.78, 5) is 0. The third-order valence-electron chi connectivity index (χ3n) is 1.32. The van der Waals surface area contributed by atoms with Gasteiger partial charge in [0.1, 0.15) is 5.82 Å². The molecule has 0 spiro atoms. The molecule has 0 aromatic carbocycles. The van der Waals surface area contributed by atoms with Gasteiger partial charge in [0.2, 0.25) is 0 Å². The minimum Gasteiger partial charge on any atom is -0.368 e. The molecular weight excluding hydrogens is 174 g/mol. The van der Waals surface area contributed by atoms with Crippen LogP contribution >= 0.6 is 11.6 Å². The number of hydrogen-bond donors (Lipinski definition) is 1. The highest BCUT2D eigenvalue weighted by Gasteiger charge is 1.96. The van der Waals surface area contributed by atoms with Gasteiger partial charge in [-0.15, -0.1) is 10.2 Å². The van der Waals surface area contributed by atoms with Crippen LogP contribution in [0.3, 0.4) is 0 Å². The molecule has 0 saturated carbocycles. The minimum atomic E-state index is 0.421. The molecule has 0 aliphatic rings. The summed E-state index contributed by atoms with van der Waals surface area (Å²) < 4.78 is 0. The molecule has 0 amide bonds. The van der Waals surface area contributed by atoms with Crippen LogP contribution in [0.1, 0.15) is 13.8 Å². The fraction of sp³-hybridized carbons (Fsp3) is 0.500. The SMILES string of the molecule is CC(C)CNc1ccc(Cl)nn1. The first-order chi connectivity index (χ1) is 5.68. The van der Waals surface area contributed by atoms with Crippen molar-refractivity contribution in [2.75, 3.05) is 11.9 Å². The van der Waals surface area contributed by atoms with Crippen molar-refractivity contribution in [2.45, 2.75) is 13.8 Å². The lowest BCUT2D eigenvalue weighted by molar-refractivity contribution is 0.685. The van der Waals surface area contributed by atoms with Crippen molar-refractivity contribution in [1.82, 2.24) is 10.2 Å². The van der Waals surface area contributed by atoms with Crippen molar-refractivity contribution in [3.8, 4) is 0 Å². The quantitative estimate of drug-likeness (QED) is 0.785. The highest BCUT2D eigenvalue weighted by Crippen LogP contribution is 2.06. The molecule has 3 nitrogen and oxygen atoms in total. The number of nitrogens with one attached hydrogen (secondary N) is 1. The molecule has 1 heterocycles. The van der Waals surface area contributed by atoms with Crippen LogP contribution < -0.4 is 5.32 Å². The lowest BCUT2D eigenvalue weighted by Crippen LogP contribution is -2.09. The van der Waals surface area contributed by atoms with Crippen molar-refractivity contribution >= 4 is 17.4 Å². The van der Waals surface area contributed by atoms with E-state index < -0.39 is 0 Å². The zero-order chi connectivity index (χ0) is 8.97. The zero-order valence-electron chi connectivity index (χ0n) is 7.21. The Kier molecular flexibility index (Phi) is 3.29. The van der Waals surface area contributed by atoms with E-state index in [2.05, 4.69) is 29.4 Å². The monoisotopic (exact) mass is 185 g/mol. The van der Waals surface area contributed by atoms with Crippen LogP contribution in [0, 0.1) is 5.92 Å². The second-order valence-electron chi connectivity index (χ2n) is 3.02. The predicted octanol–water partition coefficient (Wildman–Crippen LogP) is 2.20. The van der Waals surface area contributed by atoms with Crippen LogP contribution in [0.2, 0.25) is 5.15 Å². The minimum absolute atomic E-state index is 0.421. The average Bonchev–Trinajstić information content (AvgIpc) is 2.03. The lowest BCUT2D eigenvalue weighted by Gasteiger charge is -2.06. The van der Waals surface area contributed by atoms with E-state index >= 15 is 0 Å². The second-order valence-corrected chi connectivity index (χ2v) is 3.40. The van der Waals surface area contributed by atoms with Gasteiger partial charge in [0.15, 0.2) is 5.15 Å². The van der Waals surface area contributed by atoms with Crippen LogP contribution in [-0.4, -0.2) is 16.7 Å². The molecule has 1 N–H and O–H groups in total. The molecule has 0 aliphatic carbocycles. The Bertz CT molecular complexity index is 233. The van der Waals surface area contributed by atoms with Crippen molar-refractivity contribution in [2.24, 2.45) is 5.92 Å². The maximum atomic E-state index is 5.57. The lowest BCUT2D eigenvalue weighted by atomic mass is 10.2. The molecule has 0 aliphatic heterocycles. The third-order valence-corrected chi connectivity index (χ3v) is 1.53. The summed E-state index contributed by atoms with van der Waals surface area (Å²) in [6, 6.07) is 3.54. The first-order valence-corrected chi connectivity index (χ1v) is 4.29. The Morgan fingerprint density at radius 1 is 1.42 bits per heavy atom. The molecule has 66 valence electrons. The smallest absolute Gasteiger partial charge is 0.151 e. The third kappa shape index (κ3) is 3.05. The molecule has 0 unspecified atom stereocenters. The van der Waals surface area contributed by atoms with Gasteiger partial charge < -0.3 is 5.32 Å². The molecule has 12 heavy (non-hydrogen) atoms. The zero-order valence-corrected chi connectivity index (χ0v) is 7.97. The molecule has 1 aromatic rings. The van der Waals surface area contributed by atoms with E-state index in [0.29, 0.717) is 11.1 Å². The highest BCUT2D eigenvalue weighted by atomic mass is 35.5. The summed E-state index contributed by atoms with van der Waals surface area (Å²) in [6.07, 6.45) is 0. The maximum Gasteiger partial charge on any atom is 0.151 e. The van der Waals surface area contributed by atoms with Gasteiger partial charge in [-0.25, -0.2) is 0 Å². The first kappa shape index (κ1) is 9.26. The van der Waals surface area contributed by atoms with E-state index in [0.717, 1.165) is 12.4 Å². The molecule has 0 bridgehead atoms. The van der Waals surface area contributed by atoms with E-state index in [1.54, 1.807) is 6.07 Å². The molecular formula is C8H12ClN3. The summed E-state index contributed by atoms with van der Waals surface area (Å²) >= 11 is 5.57. The Morgan fingerprint density at radius 2 is 2.17 bits per heavy atom. The Balaban J connectivity index is 2.48. The van der Waals surface area contributed by atoms with Gasteiger partial charge in [0.05, 0.1) is 0 Å². The van der Waals surface area contributed by atoms with Gasteiger partial charge in [-0.2, -0.15) is 0 Å². The number of aromatic nitrogens is 2. The summed E-state index contributed by atoms with van der Waals surface area (Å²) in [7, 11) is 0. The topological polar surface area (TPSA) is 37.8 Å². The molecule has 0 saturated heterocycles. The summed E-state index contributed by atoms with van der Waals surface area (Å²) in [5, 5.41) is 11.1. The molecule has 1 aromatic heterocycles. The van der Waals surface area contributed by atoms with Crippen molar-refractivity contribution in [3.63, 3.8) is 0 Å². The highest BCUT2D eigenvalue weighted by molar-refractivity contribution is 6.29. The van der Waals surface area contributed by atoms with Crippen LogP contribution in [0.25, 0.3) is 0 Å². The number of anilines is 1. The number of rotatable bonds is 3. The second kappa shape index (κ2) is 4.26. The largest absolute Gasteiger partial charge is 0.368 e. The molecule has 4 heteroatoms. The van der Waals surface area contributed by atoms with Crippen molar-refractivity contribution in [3.05, 3.63) is 17.3 Å². The maximum absolute atomic E-state index is 5.57. The van der Waals surface area contributed by atoms with Gasteiger partial charge in [-0.05, 0) is 18.1 Å². The number of hydrogen-bond acceptors (Lipinski definition) is 3. The molecule has 0 atom stereocenters. The van der Waals surface area contributed by atoms with E-state index in [4.69, 9.17) is 11.6 Å². The molecule has 0 fully saturated rings. The van der Waals surface area contributed by atoms with E-state index in [9.17, 15) is 0 Å². The van der Waals surface area contributed by atoms with Crippen LogP contribution in [0.4, 0.5) is 5.82 Å². The fourth-order valence-corrected chi connectivity index (χ4v) is 0.820. The Hall–Kier alpha value is -0.830. The Labute approximate surface area is 77.2 Å². The molecule has 0 radical (unpaired) electrons. The molecule has 1 rings (SSSR count). The first-order valence-electron chi connectivity index (χ1n) is 3.91. The number of halogens is 1. The summed E-state index contributed by atoms with van der Waals surface area (Å²) in [5.74, 6) is 1.37. The van der Waals surface area contributed by atoms with Crippen molar-refractivity contribution < 1.29 is 0 Å². The van der Waals surface area contributed by atoms with Gasteiger partial charge >= 0.3 is 0 Å². The average molecular weight is 186 g/mol. The standard InChI is InChI=1S/C8H12ClN3/c1-6(2)5-10-8-4-3-7(9)11-12-8/h3-4,6H,5H2,1-2H3,(H,10,12). The summed E-state index contributed by atoms with van der Waals surface area (Å²) in [5.41, 5.74) is 0. The van der Waals surface area contributed by atoms with E-state index in [-0.39, 0.29) is 0 Å². The van der Waals surface area contributed by atoms with Crippen LogP contribution in [0.5, 0.6) is 0 Å². The Morgan fingerprint density at radius 3 is 2.67 bits per heavy atom. The van der Waals surface area contributed by atoms with Gasteiger partial charge in [-0.3, -0.25) is 0 Å².